The van der Waals surface area contributed by atoms with Gasteiger partial charge in [0.15, 0.2) is 5.82 Å². The van der Waals surface area contributed by atoms with E-state index in [4.69, 9.17) is 5.11 Å². The first kappa shape index (κ1) is 15.7. The number of carboxylic acids is 1. The summed E-state index contributed by atoms with van der Waals surface area (Å²) in [6, 6.07) is 6.24. The molecule has 0 spiro atoms. The summed E-state index contributed by atoms with van der Waals surface area (Å²) < 4.78 is 1.38. The molecule has 0 radical (unpaired) electrons. The number of anilines is 1. The van der Waals surface area contributed by atoms with E-state index in [1.165, 1.54) is 16.7 Å². The number of aromatic carboxylic acids is 1. The van der Waals surface area contributed by atoms with E-state index >= 15 is 0 Å². The van der Waals surface area contributed by atoms with Gasteiger partial charge in [0.25, 0.3) is 5.56 Å². The first-order chi connectivity index (χ1) is 11.5. The summed E-state index contributed by atoms with van der Waals surface area (Å²) in [6.45, 7) is 1.85. The first-order valence-corrected chi connectivity index (χ1v) is 7.44. The Hall–Kier alpha value is -3.16. The van der Waals surface area contributed by atoms with Gasteiger partial charge in [0.05, 0.1) is 5.69 Å². The van der Waals surface area contributed by atoms with Crippen molar-refractivity contribution in [3.8, 4) is 5.75 Å². The quantitative estimate of drug-likeness (QED) is 0.584. The molecule has 1 atom stereocenters. The van der Waals surface area contributed by atoms with E-state index in [-0.39, 0.29) is 17.4 Å². The van der Waals surface area contributed by atoms with Crippen molar-refractivity contribution < 1.29 is 15.0 Å². The van der Waals surface area contributed by atoms with Gasteiger partial charge in [-0.15, -0.1) is 0 Å². The van der Waals surface area contributed by atoms with Crippen molar-refractivity contribution in [3.05, 3.63) is 52.2 Å². The van der Waals surface area contributed by atoms with Crippen LogP contribution >= 0.6 is 0 Å². The van der Waals surface area contributed by atoms with Gasteiger partial charge in [0.2, 0.25) is 0 Å². The standard InChI is InChI=1S/C16H16N4O4/c1-9-2-7-13(19-18-10-3-5-11(21)6-4-10)14-17-8-12(16(23)24)15(22)20(9)14/h3-6,8-9,18,21H,2,7H2,1H3,(H,23,24)/b19-13+. The molecule has 1 aliphatic heterocycles. The molecule has 1 aliphatic rings. The second kappa shape index (κ2) is 6.15. The molecule has 8 nitrogen and oxygen atoms in total. The second-order valence-corrected chi connectivity index (χ2v) is 5.58. The van der Waals surface area contributed by atoms with E-state index in [1.807, 2.05) is 6.92 Å². The van der Waals surface area contributed by atoms with Crippen molar-refractivity contribution >= 4 is 17.4 Å². The number of carbonyl (C=O) groups is 1. The fourth-order valence-electron chi connectivity index (χ4n) is 2.60. The number of rotatable bonds is 3. The summed E-state index contributed by atoms with van der Waals surface area (Å²) in [4.78, 5) is 27.6. The number of phenolic OH excluding ortho intramolecular Hbond substituents is 1. The zero-order valence-electron chi connectivity index (χ0n) is 12.9. The van der Waals surface area contributed by atoms with Gasteiger partial charge in [-0.1, -0.05) is 0 Å². The highest BCUT2D eigenvalue weighted by Gasteiger charge is 2.26. The highest BCUT2D eigenvalue weighted by molar-refractivity contribution is 5.99. The maximum absolute atomic E-state index is 12.4. The maximum Gasteiger partial charge on any atom is 0.342 e. The molecule has 1 aromatic heterocycles. The Morgan fingerprint density at radius 3 is 2.75 bits per heavy atom. The molecule has 0 saturated heterocycles. The molecule has 0 saturated carbocycles. The molecule has 2 aromatic rings. The number of hydrazone groups is 1. The van der Waals surface area contributed by atoms with Crippen molar-refractivity contribution in [2.45, 2.75) is 25.8 Å². The summed E-state index contributed by atoms with van der Waals surface area (Å²) >= 11 is 0. The van der Waals surface area contributed by atoms with E-state index < -0.39 is 11.5 Å². The molecule has 8 heteroatoms. The molecule has 2 heterocycles. The van der Waals surface area contributed by atoms with Crippen LogP contribution in [0.15, 0.2) is 40.4 Å². The van der Waals surface area contributed by atoms with E-state index in [0.29, 0.717) is 30.1 Å². The number of phenols is 1. The lowest BCUT2D eigenvalue weighted by Crippen LogP contribution is -2.37. The van der Waals surface area contributed by atoms with Gasteiger partial charge in [0.1, 0.15) is 17.0 Å². The highest BCUT2D eigenvalue weighted by Crippen LogP contribution is 2.22. The third kappa shape index (κ3) is 2.85. The predicted octanol–water partition coefficient (Wildman–Crippen LogP) is 1.82. The number of nitrogens with zero attached hydrogens (tertiary/aromatic N) is 3. The van der Waals surface area contributed by atoms with Gasteiger partial charge in [-0.05, 0) is 44.0 Å². The average molecular weight is 328 g/mol. The lowest BCUT2D eigenvalue weighted by atomic mass is 10.0. The normalized spacial score (nSPS) is 18.2. The van der Waals surface area contributed by atoms with Crippen LogP contribution < -0.4 is 11.0 Å². The molecule has 124 valence electrons. The Bertz CT molecular complexity index is 871. The fourth-order valence-corrected chi connectivity index (χ4v) is 2.60. The molecule has 24 heavy (non-hydrogen) atoms. The molecule has 0 amide bonds. The van der Waals surface area contributed by atoms with E-state index in [0.717, 1.165) is 6.20 Å². The van der Waals surface area contributed by atoms with Crippen LogP contribution in [0.2, 0.25) is 0 Å². The molecule has 3 N–H and O–H groups in total. The molecular formula is C16H16N4O4. The third-order valence-electron chi connectivity index (χ3n) is 3.91. The Morgan fingerprint density at radius 2 is 2.08 bits per heavy atom. The smallest absolute Gasteiger partial charge is 0.342 e. The van der Waals surface area contributed by atoms with E-state index in [9.17, 15) is 14.7 Å². The molecule has 0 fully saturated rings. The van der Waals surface area contributed by atoms with Gasteiger partial charge in [-0.25, -0.2) is 9.78 Å². The number of fused-ring (bicyclic) bond motifs is 1. The second-order valence-electron chi connectivity index (χ2n) is 5.58. The van der Waals surface area contributed by atoms with Gasteiger partial charge in [0, 0.05) is 12.2 Å². The van der Waals surface area contributed by atoms with Crippen LogP contribution in [0.5, 0.6) is 5.75 Å². The van der Waals surface area contributed by atoms with Crippen LogP contribution in [0.25, 0.3) is 0 Å². The first-order valence-electron chi connectivity index (χ1n) is 7.44. The molecule has 0 aliphatic carbocycles. The SMILES string of the molecule is CC1CC/C(=N\Nc2ccc(O)cc2)c2ncc(C(=O)O)c(=O)n21. The van der Waals surface area contributed by atoms with Crippen LogP contribution in [0, 0.1) is 0 Å². The number of benzene rings is 1. The summed E-state index contributed by atoms with van der Waals surface area (Å²) in [6.07, 6.45) is 2.35. The minimum Gasteiger partial charge on any atom is -0.508 e. The number of carboxylic acid groups (broad SMARTS) is 1. The van der Waals surface area contributed by atoms with Crippen molar-refractivity contribution in [3.63, 3.8) is 0 Å². The summed E-state index contributed by atoms with van der Waals surface area (Å²) in [7, 11) is 0. The summed E-state index contributed by atoms with van der Waals surface area (Å²) in [5.41, 5.74) is 3.19. The molecule has 1 unspecified atom stereocenters. The molecule has 1 aromatic carbocycles. The zero-order chi connectivity index (χ0) is 17.3. The van der Waals surface area contributed by atoms with Crippen molar-refractivity contribution in [1.29, 1.82) is 0 Å². The number of hydrogen-bond donors (Lipinski definition) is 3. The Morgan fingerprint density at radius 1 is 1.38 bits per heavy atom. The van der Waals surface area contributed by atoms with Gasteiger partial charge < -0.3 is 10.2 Å². The zero-order valence-corrected chi connectivity index (χ0v) is 12.9. The average Bonchev–Trinajstić information content (AvgIpc) is 2.55. The van der Waals surface area contributed by atoms with Gasteiger partial charge in [-0.3, -0.25) is 14.8 Å². The van der Waals surface area contributed by atoms with Crippen LogP contribution in [-0.2, 0) is 0 Å². The van der Waals surface area contributed by atoms with E-state index in [2.05, 4.69) is 15.5 Å². The predicted molar refractivity (Wildman–Crippen MR) is 87.7 cm³/mol. The Kier molecular flexibility index (Phi) is 4.03. The highest BCUT2D eigenvalue weighted by atomic mass is 16.4. The molecular weight excluding hydrogens is 312 g/mol. The monoisotopic (exact) mass is 328 g/mol. The fraction of sp³-hybridized carbons (Fsp3) is 0.250. The minimum atomic E-state index is -1.29. The van der Waals surface area contributed by atoms with Gasteiger partial charge in [-0.2, -0.15) is 5.10 Å². The molecule has 3 rings (SSSR count). The van der Waals surface area contributed by atoms with Gasteiger partial charge >= 0.3 is 5.97 Å². The van der Waals surface area contributed by atoms with Crippen molar-refractivity contribution in [2.24, 2.45) is 5.10 Å². The summed E-state index contributed by atoms with van der Waals surface area (Å²) in [5, 5.41) is 22.6. The minimum absolute atomic E-state index is 0.146. The number of aromatic hydroxyl groups is 1. The van der Waals surface area contributed by atoms with Crippen LogP contribution in [-0.4, -0.2) is 31.4 Å². The van der Waals surface area contributed by atoms with Crippen LogP contribution in [0.1, 0.15) is 42.0 Å². The number of aromatic nitrogens is 2. The van der Waals surface area contributed by atoms with Crippen LogP contribution in [0.4, 0.5) is 5.69 Å². The van der Waals surface area contributed by atoms with Crippen LogP contribution in [0.3, 0.4) is 0 Å². The Labute approximate surface area is 137 Å². The Balaban J connectivity index is 1.98. The number of hydrogen-bond acceptors (Lipinski definition) is 6. The lowest BCUT2D eigenvalue weighted by molar-refractivity contribution is 0.0693. The lowest BCUT2D eigenvalue weighted by Gasteiger charge is -2.25. The molecule has 0 bridgehead atoms. The summed E-state index contributed by atoms with van der Waals surface area (Å²) in [5.74, 6) is -0.768. The largest absolute Gasteiger partial charge is 0.508 e. The number of nitrogens with one attached hydrogen (secondary N) is 1. The maximum atomic E-state index is 12.4. The van der Waals surface area contributed by atoms with Crippen molar-refractivity contribution in [1.82, 2.24) is 9.55 Å². The van der Waals surface area contributed by atoms with Crippen molar-refractivity contribution in [2.75, 3.05) is 5.43 Å². The topological polar surface area (TPSA) is 117 Å². The van der Waals surface area contributed by atoms with E-state index in [1.54, 1.807) is 12.1 Å². The third-order valence-corrected chi connectivity index (χ3v) is 3.91.